The van der Waals surface area contributed by atoms with E-state index < -0.39 is 0 Å². The average Bonchev–Trinajstić information content (AvgIpc) is 2.58. The van der Waals surface area contributed by atoms with Gasteiger partial charge < -0.3 is 9.80 Å². The lowest BCUT2D eigenvalue weighted by Gasteiger charge is -2.48. The second-order valence-electron chi connectivity index (χ2n) is 7.16. The number of hydrogen-bond donors (Lipinski definition) is 0. The molecule has 0 aliphatic carbocycles. The van der Waals surface area contributed by atoms with Gasteiger partial charge in [0.1, 0.15) is 0 Å². The van der Waals surface area contributed by atoms with Crippen LogP contribution in [0.25, 0.3) is 0 Å². The first-order valence-electron chi connectivity index (χ1n) is 8.81. The van der Waals surface area contributed by atoms with Gasteiger partial charge in [0, 0.05) is 38.0 Å². The Morgan fingerprint density at radius 3 is 2.74 bits per heavy atom. The van der Waals surface area contributed by atoms with Crippen molar-refractivity contribution in [2.45, 2.75) is 38.6 Å². The van der Waals surface area contributed by atoms with Crippen LogP contribution in [0.4, 0.5) is 4.39 Å². The highest BCUT2D eigenvalue weighted by Gasteiger charge is 2.41. The molecule has 0 radical (unpaired) electrons. The van der Waals surface area contributed by atoms with E-state index in [1.165, 1.54) is 18.4 Å². The van der Waals surface area contributed by atoms with Crippen LogP contribution in [0, 0.1) is 5.41 Å². The van der Waals surface area contributed by atoms with Gasteiger partial charge in [-0.2, -0.15) is 0 Å². The molecule has 3 rings (SSSR count). The van der Waals surface area contributed by atoms with Crippen molar-refractivity contribution < 1.29 is 9.18 Å². The van der Waals surface area contributed by atoms with E-state index in [2.05, 4.69) is 17.0 Å². The number of likely N-dealkylation sites (tertiary alicyclic amines) is 2. The molecule has 0 aromatic heterocycles. The molecule has 1 aromatic rings. The van der Waals surface area contributed by atoms with Gasteiger partial charge in [-0.1, -0.05) is 30.3 Å². The zero-order chi connectivity index (χ0) is 16.1. The summed E-state index contributed by atoms with van der Waals surface area (Å²) in [6.07, 6.45) is 4.63. The largest absolute Gasteiger partial charge is 0.338 e. The van der Waals surface area contributed by atoms with Crippen molar-refractivity contribution in [3.05, 3.63) is 35.9 Å². The van der Waals surface area contributed by atoms with Gasteiger partial charge in [0.25, 0.3) is 0 Å². The van der Waals surface area contributed by atoms with E-state index in [0.29, 0.717) is 19.4 Å². The van der Waals surface area contributed by atoms with Crippen molar-refractivity contribution in [2.75, 3.05) is 32.9 Å². The molecule has 23 heavy (non-hydrogen) atoms. The molecule has 3 nitrogen and oxygen atoms in total. The Hall–Kier alpha value is -1.42. The topological polar surface area (TPSA) is 23.6 Å². The predicted molar refractivity (Wildman–Crippen MR) is 89.8 cm³/mol. The summed E-state index contributed by atoms with van der Waals surface area (Å²) in [7, 11) is 0. The summed E-state index contributed by atoms with van der Waals surface area (Å²) < 4.78 is 12.5. The molecular formula is C19H27FN2O. The predicted octanol–water partition coefficient (Wildman–Crippen LogP) is 3.25. The van der Waals surface area contributed by atoms with Gasteiger partial charge in [0.2, 0.25) is 5.91 Å². The number of amides is 1. The van der Waals surface area contributed by atoms with Crippen LogP contribution in [-0.2, 0) is 11.3 Å². The number of nitrogens with zero attached hydrogens (tertiary/aromatic N) is 2. The maximum atomic E-state index is 12.5. The third kappa shape index (κ3) is 4.11. The van der Waals surface area contributed by atoms with Crippen molar-refractivity contribution in [1.82, 2.24) is 9.80 Å². The lowest BCUT2D eigenvalue weighted by atomic mass is 9.73. The molecule has 1 spiro atoms. The Bertz CT molecular complexity index is 521. The second kappa shape index (κ2) is 7.43. The molecule has 1 atom stereocenters. The van der Waals surface area contributed by atoms with E-state index in [9.17, 15) is 9.18 Å². The van der Waals surface area contributed by atoms with Gasteiger partial charge in [-0.15, -0.1) is 0 Å². The van der Waals surface area contributed by atoms with Crippen LogP contribution in [0.1, 0.15) is 37.7 Å². The van der Waals surface area contributed by atoms with Crippen molar-refractivity contribution in [3.8, 4) is 0 Å². The first-order valence-corrected chi connectivity index (χ1v) is 8.81. The van der Waals surface area contributed by atoms with E-state index in [4.69, 9.17) is 0 Å². The minimum Gasteiger partial charge on any atom is -0.338 e. The number of rotatable bonds is 5. The monoisotopic (exact) mass is 318 g/mol. The van der Waals surface area contributed by atoms with Crippen LogP contribution in [0.3, 0.4) is 0 Å². The summed E-state index contributed by atoms with van der Waals surface area (Å²) in [5, 5.41) is 0. The molecule has 2 heterocycles. The normalized spacial score (nSPS) is 26.0. The molecule has 4 heteroatoms. The van der Waals surface area contributed by atoms with Gasteiger partial charge in [-0.05, 0) is 37.8 Å². The molecule has 0 unspecified atom stereocenters. The van der Waals surface area contributed by atoms with Gasteiger partial charge in [-0.25, -0.2) is 0 Å². The Kier molecular flexibility index (Phi) is 5.31. The number of halogens is 1. The minimum absolute atomic E-state index is 0.219. The van der Waals surface area contributed by atoms with Crippen LogP contribution < -0.4 is 0 Å². The van der Waals surface area contributed by atoms with Gasteiger partial charge in [0.05, 0.1) is 6.67 Å². The maximum Gasteiger partial charge on any atom is 0.222 e. The van der Waals surface area contributed by atoms with Crippen LogP contribution in [0.5, 0.6) is 0 Å². The number of benzene rings is 1. The lowest BCUT2D eigenvalue weighted by Crippen LogP contribution is -2.53. The second-order valence-corrected chi connectivity index (χ2v) is 7.16. The standard InChI is InChI=1S/C19H27FN2O/c20-11-5-13-21-12-4-9-19(15-21)10-8-18(23)22(16-19)14-17-6-2-1-3-7-17/h1-3,6-7H,4-5,8-16H2/t19-/m0/s1. The van der Waals surface area contributed by atoms with Crippen molar-refractivity contribution in [2.24, 2.45) is 5.41 Å². The Morgan fingerprint density at radius 1 is 1.13 bits per heavy atom. The summed E-state index contributed by atoms with van der Waals surface area (Å²) in [6.45, 7) is 4.28. The van der Waals surface area contributed by atoms with Crippen LogP contribution in [0.15, 0.2) is 30.3 Å². The van der Waals surface area contributed by atoms with Gasteiger partial charge in [0.15, 0.2) is 0 Å². The first kappa shape index (κ1) is 16.4. The lowest BCUT2D eigenvalue weighted by molar-refractivity contribution is -0.140. The highest BCUT2D eigenvalue weighted by molar-refractivity contribution is 5.77. The van der Waals surface area contributed by atoms with E-state index in [1.807, 2.05) is 23.1 Å². The Balaban J connectivity index is 1.65. The summed E-state index contributed by atoms with van der Waals surface area (Å²) in [5.74, 6) is 0.278. The van der Waals surface area contributed by atoms with Crippen LogP contribution >= 0.6 is 0 Å². The quantitative estimate of drug-likeness (QED) is 0.832. The smallest absolute Gasteiger partial charge is 0.222 e. The molecule has 1 aromatic carbocycles. The van der Waals surface area contributed by atoms with E-state index in [-0.39, 0.29) is 18.0 Å². The highest BCUT2D eigenvalue weighted by atomic mass is 19.1. The summed E-state index contributed by atoms with van der Waals surface area (Å²) in [4.78, 5) is 16.8. The highest BCUT2D eigenvalue weighted by Crippen LogP contribution is 2.39. The third-order valence-corrected chi connectivity index (χ3v) is 5.31. The third-order valence-electron chi connectivity index (χ3n) is 5.31. The zero-order valence-electron chi connectivity index (χ0n) is 13.8. The van der Waals surface area contributed by atoms with E-state index in [1.54, 1.807) is 0 Å². The molecule has 0 bridgehead atoms. The molecule has 2 aliphatic rings. The van der Waals surface area contributed by atoms with E-state index >= 15 is 0 Å². The fourth-order valence-corrected chi connectivity index (χ4v) is 4.17. The van der Waals surface area contributed by atoms with Gasteiger partial charge in [-0.3, -0.25) is 9.18 Å². The van der Waals surface area contributed by atoms with Gasteiger partial charge >= 0.3 is 0 Å². The molecule has 2 fully saturated rings. The Morgan fingerprint density at radius 2 is 1.96 bits per heavy atom. The minimum atomic E-state index is -0.234. The molecule has 126 valence electrons. The fourth-order valence-electron chi connectivity index (χ4n) is 4.17. The molecule has 0 saturated carbocycles. The molecular weight excluding hydrogens is 291 g/mol. The van der Waals surface area contributed by atoms with E-state index in [0.717, 1.165) is 32.6 Å². The first-order chi connectivity index (χ1) is 11.2. The SMILES string of the molecule is O=C1CC[C@]2(CCCN(CCCF)C2)CN1Cc1ccccc1. The maximum absolute atomic E-state index is 12.5. The summed E-state index contributed by atoms with van der Waals surface area (Å²) in [5.41, 5.74) is 1.42. The van der Waals surface area contributed by atoms with Crippen molar-refractivity contribution in [1.29, 1.82) is 0 Å². The summed E-state index contributed by atoms with van der Waals surface area (Å²) >= 11 is 0. The number of carbonyl (C=O) groups is 1. The average molecular weight is 318 g/mol. The zero-order valence-corrected chi connectivity index (χ0v) is 13.8. The van der Waals surface area contributed by atoms with Crippen LogP contribution in [0.2, 0.25) is 0 Å². The molecule has 2 saturated heterocycles. The molecule has 1 amide bonds. The van der Waals surface area contributed by atoms with Crippen LogP contribution in [-0.4, -0.2) is 48.6 Å². The number of alkyl halides is 1. The molecule has 0 N–H and O–H groups in total. The fraction of sp³-hybridized carbons (Fsp3) is 0.632. The summed E-state index contributed by atoms with van der Waals surface area (Å²) in [6, 6.07) is 10.2. The number of carbonyl (C=O) groups excluding carboxylic acids is 1. The molecule has 2 aliphatic heterocycles. The van der Waals surface area contributed by atoms with Crippen molar-refractivity contribution >= 4 is 5.91 Å². The number of hydrogen-bond acceptors (Lipinski definition) is 2. The number of piperidine rings is 2. The Labute approximate surface area is 138 Å². The van der Waals surface area contributed by atoms with Crippen molar-refractivity contribution in [3.63, 3.8) is 0 Å².